The number of unbranched alkanes of at least 4 members (excludes halogenated alkanes) is 1. The number of imide groups is 2. The molecule has 17 nitrogen and oxygen atoms in total. The van der Waals surface area contributed by atoms with Gasteiger partial charge in [-0.2, -0.15) is 0 Å². The highest BCUT2D eigenvalue weighted by molar-refractivity contribution is 6.25. The zero-order valence-electron chi connectivity index (χ0n) is 28.7. The average Bonchev–Trinajstić information content (AvgIpc) is 3.73. The Morgan fingerprint density at radius 3 is 2.51 bits per heavy atom. The maximum absolute atomic E-state index is 13.3. The van der Waals surface area contributed by atoms with Gasteiger partial charge in [0.1, 0.15) is 17.5 Å². The van der Waals surface area contributed by atoms with Crippen LogP contribution >= 0.6 is 0 Å². The molecule has 1 unspecified atom stereocenters. The summed E-state index contributed by atoms with van der Waals surface area (Å²) in [6, 6.07) is 17.0. The summed E-state index contributed by atoms with van der Waals surface area (Å²) in [5.74, 6) is -2.41. The molecule has 1 atom stereocenters. The number of nitrogens with one attached hydrogen (secondary N) is 4. The van der Waals surface area contributed by atoms with E-state index in [-0.39, 0.29) is 43.3 Å². The van der Waals surface area contributed by atoms with Crippen molar-refractivity contribution >= 4 is 46.9 Å². The van der Waals surface area contributed by atoms with Crippen LogP contribution in [0.2, 0.25) is 0 Å². The van der Waals surface area contributed by atoms with Crippen LogP contribution in [-0.4, -0.2) is 78.2 Å². The number of urea groups is 1. The number of hydrogen-bond acceptors (Lipinski definition) is 11. The molecule has 274 valence electrons. The second-order valence-electron chi connectivity index (χ2n) is 12.4. The summed E-state index contributed by atoms with van der Waals surface area (Å²) in [5.41, 5.74) is 4.54. The van der Waals surface area contributed by atoms with Gasteiger partial charge in [-0.25, -0.2) is 15.0 Å². The van der Waals surface area contributed by atoms with Crippen molar-refractivity contribution in [1.29, 1.82) is 0 Å². The number of anilines is 2. The monoisotopic (exact) mass is 723 g/mol. The summed E-state index contributed by atoms with van der Waals surface area (Å²) in [7, 11) is 0. The number of piperidine rings is 1. The quantitative estimate of drug-likeness (QED) is 0.0723. The molecule has 0 aliphatic carbocycles. The van der Waals surface area contributed by atoms with Gasteiger partial charge >= 0.3 is 6.03 Å². The molecule has 0 radical (unpaired) electrons. The molecule has 1 saturated heterocycles. The molecule has 17 heteroatoms. The van der Waals surface area contributed by atoms with Gasteiger partial charge in [-0.15, -0.1) is 5.10 Å². The maximum atomic E-state index is 13.3. The number of benzene rings is 3. The number of hydrogen-bond donors (Lipinski definition) is 5. The van der Waals surface area contributed by atoms with E-state index in [1.807, 2.05) is 6.92 Å². The fourth-order valence-electron chi connectivity index (χ4n) is 5.96. The maximum Gasteiger partial charge on any atom is 0.322 e. The van der Waals surface area contributed by atoms with Gasteiger partial charge in [0.15, 0.2) is 6.73 Å². The van der Waals surface area contributed by atoms with Gasteiger partial charge in [0.25, 0.3) is 17.7 Å². The first-order valence-electron chi connectivity index (χ1n) is 16.9. The van der Waals surface area contributed by atoms with Crippen molar-refractivity contribution in [2.75, 3.05) is 17.2 Å². The standard InChI is InChI=1S/C36H37N9O8/c1-2-3-17-43(19-22-7-9-23(10-8-22)32(47)41-52)36(51)38-24-11-13-26(14-12-24)53-21-44-20-25(40-42-44)18-37-28-6-4-5-27-31(28)35(50)45(34(27)49)29-15-16-30(46)39-33(29)48/h4-14,20,29,37,52H,2-3,15-19,21H2,1H3,(H,38,51)(H,41,47)(H,39,46,48). The lowest BCUT2D eigenvalue weighted by Gasteiger charge is -2.27. The smallest absolute Gasteiger partial charge is 0.322 e. The number of fused-ring (bicyclic) bond motifs is 1. The molecule has 6 rings (SSSR count). The van der Waals surface area contributed by atoms with Gasteiger partial charge in [-0.05, 0) is 66.9 Å². The van der Waals surface area contributed by atoms with Crippen LogP contribution in [0.25, 0.3) is 0 Å². The van der Waals surface area contributed by atoms with Crippen molar-refractivity contribution in [2.45, 2.75) is 58.5 Å². The number of carbonyl (C=O) groups excluding carboxylic acids is 6. The van der Waals surface area contributed by atoms with Crippen LogP contribution in [0, 0.1) is 0 Å². The van der Waals surface area contributed by atoms with Crippen LogP contribution in [0.5, 0.6) is 5.75 Å². The molecule has 7 amide bonds. The van der Waals surface area contributed by atoms with E-state index in [9.17, 15) is 28.8 Å². The van der Waals surface area contributed by atoms with E-state index in [1.54, 1.807) is 77.2 Å². The normalized spacial score (nSPS) is 15.1. The van der Waals surface area contributed by atoms with Crippen LogP contribution in [0.4, 0.5) is 16.2 Å². The summed E-state index contributed by atoms with van der Waals surface area (Å²) < 4.78 is 7.33. The highest BCUT2D eigenvalue weighted by atomic mass is 16.5. The first-order chi connectivity index (χ1) is 25.6. The molecule has 53 heavy (non-hydrogen) atoms. The molecule has 1 fully saturated rings. The fourth-order valence-corrected chi connectivity index (χ4v) is 5.96. The van der Waals surface area contributed by atoms with Crippen LogP contribution in [-0.2, 0) is 29.4 Å². The van der Waals surface area contributed by atoms with Crippen LogP contribution < -0.4 is 26.2 Å². The second-order valence-corrected chi connectivity index (χ2v) is 12.4. The minimum absolute atomic E-state index is 0.0337. The SMILES string of the molecule is CCCCN(Cc1ccc(C(=O)NO)cc1)C(=O)Nc1ccc(OCn2cc(CNc3cccc4c3C(=O)N(C3CCC(=O)NC3=O)C4=O)nn2)cc1. The van der Waals surface area contributed by atoms with Crippen molar-refractivity contribution < 1.29 is 38.7 Å². The Hall–Kier alpha value is -6.62. The number of nitrogens with zero attached hydrogens (tertiary/aromatic N) is 5. The number of aromatic nitrogens is 3. The van der Waals surface area contributed by atoms with Crippen LogP contribution in [0.1, 0.15) is 74.9 Å². The zero-order valence-corrected chi connectivity index (χ0v) is 28.7. The van der Waals surface area contributed by atoms with Gasteiger partial charge in [-0.3, -0.25) is 39.4 Å². The zero-order chi connectivity index (χ0) is 37.5. The summed E-state index contributed by atoms with van der Waals surface area (Å²) in [6.45, 7) is 3.12. The lowest BCUT2D eigenvalue weighted by Crippen LogP contribution is -2.54. The molecular weight excluding hydrogens is 686 g/mol. The second kappa shape index (κ2) is 16.2. The van der Waals surface area contributed by atoms with E-state index in [0.717, 1.165) is 23.3 Å². The van der Waals surface area contributed by atoms with E-state index in [1.165, 1.54) is 10.7 Å². The number of hydroxylamine groups is 1. The van der Waals surface area contributed by atoms with Gasteiger partial charge in [0.2, 0.25) is 11.8 Å². The molecular formula is C36H37N9O8. The Bertz CT molecular complexity index is 2030. The minimum Gasteiger partial charge on any atom is -0.471 e. The minimum atomic E-state index is -1.06. The van der Waals surface area contributed by atoms with Gasteiger partial charge in [0, 0.05) is 36.4 Å². The van der Waals surface area contributed by atoms with Gasteiger partial charge in [0.05, 0.1) is 23.9 Å². The predicted molar refractivity (Wildman–Crippen MR) is 188 cm³/mol. The fraction of sp³-hybridized carbons (Fsp3) is 0.278. The Kier molecular flexibility index (Phi) is 11.0. The molecule has 0 spiro atoms. The highest BCUT2D eigenvalue weighted by Crippen LogP contribution is 2.32. The molecule has 3 aromatic carbocycles. The van der Waals surface area contributed by atoms with Crippen molar-refractivity contribution in [3.05, 3.63) is 101 Å². The Labute approximate surface area is 303 Å². The first-order valence-corrected chi connectivity index (χ1v) is 16.9. The summed E-state index contributed by atoms with van der Waals surface area (Å²) >= 11 is 0. The largest absolute Gasteiger partial charge is 0.471 e. The van der Waals surface area contributed by atoms with Crippen molar-refractivity contribution in [3.63, 3.8) is 0 Å². The molecule has 0 saturated carbocycles. The molecule has 5 N–H and O–H groups in total. The third-order valence-electron chi connectivity index (χ3n) is 8.74. The molecule has 3 heterocycles. The third-order valence-corrected chi connectivity index (χ3v) is 8.74. The predicted octanol–water partition coefficient (Wildman–Crippen LogP) is 3.28. The van der Waals surface area contributed by atoms with E-state index in [0.29, 0.717) is 41.5 Å². The lowest BCUT2D eigenvalue weighted by atomic mass is 10.0. The molecule has 2 aliphatic heterocycles. The molecule has 0 bridgehead atoms. The summed E-state index contributed by atoms with van der Waals surface area (Å²) in [6.07, 6.45) is 3.47. The Balaban J connectivity index is 1.01. The van der Waals surface area contributed by atoms with Crippen LogP contribution in [0.15, 0.2) is 72.9 Å². The number of amides is 7. The van der Waals surface area contributed by atoms with E-state index in [4.69, 9.17) is 9.94 Å². The van der Waals surface area contributed by atoms with Gasteiger partial charge in [-0.1, -0.05) is 36.8 Å². The lowest BCUT2D eigenvalue weighted by molar-refractivity contribution is -0.136. The number of carbonyl (C=O) groups is 6. The summed E-state index contributed by atoms with van der Waals surface area (Å²) in [5, 5.41) is 25.3. The number of ether oxygens (including phenoxy) is 1. The Morgan fingerprint density at radius 2 is 1.79 bits per heavy atom. The molecule has 2 aliphatic rings. The van der Waals surface area contributed by atoms with Crippen molar-refractivity contribution in [2.24, 2.45) is 0 Å². The van der Waals surface area contributed by atoms with Crippen molar-refractivity contribution in [3.8, 4) is 5.75 Å². The first kappa shape index (κ1) is 36.2. The van der Waals surface area contributed by atoms with E-state index < -0.39 is 35.6 Å². The molecule has 4 aromatic rings. The molecule has 1 aromatic heterocycles. The van der Waals surface area contributed by atoms with Gasteiger partial charge < -0.3 is 20.3 Å². The highest BCUT2D eigenvalue weighted by Gasteiger charge is 2.45. The van der Waals surface area contributed by atoms with Crippen LogP contribution in [0.3, 0.4) is 0 Å². The van der Waals surface area contributed by atoms with E-state index in [2.05, 4.69) is 26.3 Å². The summed E-state index contributed by atoms with van der Waals surface area (Å²) in [4.78, 5) is 77.9. The average molecular weight is 724 g/mol. The topological polar surface area (TPSA) is 217 Å². The van der Waals surface area contributed by atoms with E-state index >= 15 is 0 Å². The van der Waals surface area contributed by atoms with Crippen molar-refractivity contribution in [1.82, 2.24) is 35.6 Å². The number of rotatable bonds is 14. The Morgan fingerprint density at radius 1 is 1.02 bits per heavy atom. The third kappa shape index (κ3) is 8.31.